The number of hydrogen-bond donors (Lipinski definition) is 0. The van der Waals surface area contributed by atoms with E-state index < -0.39 is 0 Å². The van der Waals surface area contributed by atoms with Crippen LogP contribution in [0.3, 0.4) is 0 Å². The molecule has 0 atom stereocenters. The van der Waals surface area contributed by atoms with Crippen LogP contribution in [0.25, 0.3) is 10.1 Å². The van der Waals surface area contributed by atoms with Crippen molar-refractivity contribution in [3.63, 3.8) is 0 Å². The van der Waals surface area contributed by atoms with Crippen molar-refractivity contribution < 1.29 is 4.79 Å². The zero-order chi connectivity index (χ0) is 17.2. The number of hydrogen-bond acceptors (Lipinski definition) is 2. The van der Waals surface area contributed by atoms with Crippen molar-refractivity contribution >= 4 is 27.3 Å². The predicted molar refractivity (Wildman–Crippen MR) is 106 cm³/mol. The van der Waals surface area contributed by atoms with Crippen LogP contribution in [0.2, 0.25) is 0 Å². The van der Waals surface area contributed by atoms with Crippen molar-refractivity contribution in [1.29, 1.82) is 0 Å². The average molecular weight is 349 g/mol. The number of carbonyl (C=O) groups excluding carboxylic acids is 1. The standard InChI is InChI=1S/C22H23NOS/c1-16-9-11-17(12-10-16)15-19-18-7-3-4-8-20(18)25-21(19)22(24)23-13-5-2-6-14-23/h3-4,7-12H,2,5-6,13-15H2,1H3. The number of piperidine rings is 1. The maximum absolute atomic E-state index is 13.2. The highest BCUT2D eigenvalue weighted by Gasteiger charge is 2.24. The van der Waals surface area contributed by atoms with Gasteiger partial charge in [0.2, 0.25) is 0 Å². The summed E-state index contributed by atoms with van der Waals surface area (Å²) in [4.78, 5) is 16.2. The van der Waals surface area contributed by atoms with Crippen LogP contribution in [0, 0.1) is 6.92 Å². The molecule has 128 valence electrons. The summed E-state index contributed by atoms with van der Waals surface area (Å²) in [6.45, 7) is 3.91. The van der Waals surface area contributed by atoms with Crippen LogP contribution in [-0.4, -0.2) is 23.9 Å². The van der Waals surface area contributed by atoms with E-state index in [0.717, 1.165) is 37.2 Å². The van der Waals surface area contributed by atoms with Gasteiger partial charge in [-0.05, 0) is 55.2 Å². The zero-order valence-corrected chi connectivity index (χ0v) is 15.4. The summed E-state index contributed by atoms with van der Waals surface area (Å²) in [6, 6.07) is 17.1. The Morgan fingerprint density at radius 1 is 1.00 bits per heavy atom. The number of thiophene rings is 1. The SMILES string of the molecule is Cc1ccc(Cc2c(C(=O)N3CCCCC3)sc3ccccc23)cc1. The van der Waals surface area contributed by atoms with E-state index in [4.69, 9.17) is 0 Å². The summed E-state index contributed by atoms with van der Waals surface area (Å²) in [5.41, 5.74) is 3.73. The number of nitrogens with zero attached hydrogens (tertiary/aromatic N) is 1. The van der Waals surface area contributed by atoms with E-state index in [1.54, 1.807) is 11.3 Å². The van der Waals surface area contributed by atoms with E-state index in [1.165, 1.54) is 33.2 Å². The van der Waals surface area contributed by atoms with Gasteiger partial charge in [0.15, 0.2) is 0 Å². The van der Waals surface area contributed by atoms with Crippen LogP contribution in [0.4, 0.5) is 0 Å². The Bertz CT molecular complexity index is 888. The average Bonchev–Trinajstić information content (AvgIpc) is 3.02. The fourth-order valence-corrected chi connectivity index (χ4v) is 4.79. The Hall–Kier alpha value is -2.13. The summed E-state index contributed by atoms with van der Waals surface area (Å²) in [5, 5.41) is 1.23. The third-order valence-electron chi connectivity index (χ3n) is 5.04. The number of aryl methyl sites for hydroxylation is 1. The maximum Gasteiger partial charge on any atom is 0.264 e. The number of fused-ring (bicyclic) bond motifs is 1. The quantitative estimate of drug-likeness (QED) is 0.618. The molecule has 1 amide bonds. The monoisotopic (exact) mass is 349 g/mol. The Kier molecular flexibility index (Phi) is 4.58. The molecule has 1 aliphatic heterocycles. The minimum Gasteiger partial charge on any atom is -0.338 e. The highest BCUT2D eigenvalue weighted by Crippen LogP contribution is 2.34. The van der Waals surface area contributed by atoms with Crippen molar-refractivity contribution in [2.45, 2.75) is 32.6 Å². The van der Waals surface area contributed by atoms with E-state index in [1.807, 2.05) is 4.90 Å². The van der Waals surface area contributed by atoms with E-state index in [9.17, 15) is 4.79 Å². The third-order valence-corrected chi connectivity index (χ3v) is 6.24. The van der Waals surface area contributed by atoms with Crippen LogP contribution < -0.4 is 0 Å². The lowest BCUT2D eigenvalue weighted by Crippen LogP contribution is -2.35. The van der Waals surface area contributed by atoms with Crippen molar-refractivity contribution in [1.82, 2.24) is 4.90 Å². The first-order valence-electron chi connectivity index (χ1n) is 9.07. The molecule has 0 spiro atoms. The summed E-state index contributed by atoms with van der Waals surface area (Å²) < 4.78 is 1.21. The first kappa shape index (κ1) is 16.3. The van der Waals surface area contributed by atoms with Crippen molar-refractivity contribution in [3.8, 4) is 0 Å². The van der Waals surface area contributed by atoms with E-state index in [2.05, 4.69) is 55.5 Å². The first-order valence-corrected chi connectivity index (χ1v) is 9.89. The van der Waals surface area contributed by atoms with E-state index in [0.29, 0.717) is 0 Å². The molecule has 3 aromatic rings. The molecule has 0 saturated carbocycles. The number of rotatable bonds is 3. The predicted octanol–water partition coefficient (Wildman–Crippen LogP) is 5.43. The molecule has 2 aromatic carbocycles. The normalized spacial score (nSPS) is 14.8. The molecule has 0 radical (unpaired) electrons. The van der Waals surface area contributed by atoms with Gasteiger partial charge in [0, 0.05) is 17.8 Å². The molecule has 0 unspecified atom stereocenters. The minimum atomic E-state index is 0.225. The van der Waals surface area contributed by atoms with Crippen molar-refractivity contribution in [2.75, 3.05) is 13.1 Å². The van der Waals surface area contributed by atoms with Gasteiger partial charge in [0.25, 0.3) is 5.91 Å². The topological polar surface area (TPSA) is 20.3 Å². The molecular formula is C22H23NOS. The van der Waals surface area contributed by atoms with Crippen LogP contribution in [0.5, 0.6) is 0 Å². The fourth-order valence-electron chi connectivity index (χ4n) is 3.60. The molecule has 0 N–H and O–H groups in total. The Morgan fingerprint density at radius 3 is 2.48 bits per heavy atom. The number of amides is 1. The first-order chi connectivity index (χ1) is 12.2. The maximum atomic E-state index is 13.2. The lowest BCUT2D eigenvalue weighted by Gasteiger charge is -2.26. The van der Waals surface area contributed by atoms with Gasteiger partial charge in [-0.2, -0.15) is 0 Å². The molecule has 1 fully saturated rings. The van der Waals surface area contributed by atoms with Crippen LogP contribution >= 0.6 is 11.3 Å². The molecule has 1 aliphatic rings. The third kappa shape index (κ3) is 3.34. The van der Waals surface area contributed by atoms with Gasteiger partial charge in [-0.1, -0.05) is 48.0 Å². The van der Waals surface area contributed by atoms with Gasteiger partial charge >= 0.3 is 0 Å². The van der Waals surface area contributed by atoms with Gasteiger partial charge in [0.1, 0.15) is 0 Å². The van der Waals surface area contributed by atoms with Crippen LogP contribution in [0.15, 0.2) is 48.5 Å². The molecule has 1 saturated heterocycles. The van der Waals surface area contributed by atoms with E-state index in [-0.39, 0.29) is 5.91 Å². The fraction of sp³-hybridized carbons (Fsp3) is 0.318. The summed E-state index contributed by atoms with van der Waals surface area (Å²) >= 11 is 1.66. The summed E-state index contributed by atoms with van der Waals surface area (Å²) in [5.74, 6) is 0.225. The van der Waals surface area contributed by atoms with Gasteiger partial charge in [0.05, 0.1) is 4.88 Å². The van der Waals surface area contributed by atoms with Gasteiger partial charge in [-0.25, -0.2) is 0 Å². The Labute approximate surface area is 153 Å². The van der Waals surface area contributed by atoms with Gasteiger partial charge in [-0.3, -0.25) is 4.79 Å². The second kappa shape index (κ2) is 7.01. The van der Waals surface area contributed by atoms with Crippen LogP contribution in [-0.2, 0) is 6.42 Å². The molecule has 2 nitrogen and oxygen atoms in total. The van der Waals surface area contributed by atoms with Crippen molar-refractivity contribution in [2.24, 2.45) is 0 Å². The summed E-state index contributed by atoms with van der Waals surface area (Å²) in [7, 11) is 0. The second-order valence-corrected chi connectivity index (χ2v) is 7.97. The molecule has 25 heavy (non-hydrogen) atoms. The molecule has 3 heteroatoms. The highest BCUT2D eigenvalue weighted by molar-refractivity contribution is 7.21. The molecular weight excluding hydrogens is 326 g/mol. The number of carbonyl (C=O) groups is 1. The Balaban J connectivity index is 1.75. The van der Waals surface area contributed by atoms with E-state index >= 15 is 0 Å². The number of benzene rings is 2. The lowest BCUT2D eigenvalue weighted by molar-refractivity contribution is 0.0728. The van der Waals surface area contributed by atoms with Crippen LogP contribution in [0.1, 0.15) is 45.6 Å². The largest absolute Gasteiger partial charge is 0.338 e. The van der Waals surface area contributed by atoms with Gasteiger partial charge < -0.3 is 4.90 Å². The molecule has 0 aliphatic carbocycles. The van der Waals surface area contributed by atoms with Crippen molar-refractivity contribution in [3.05, 3.63) is 70.1 Å². The molecule has 1 aromatic heterocycles. The Morgan fingerprint density at radius 2 is 1.72 bits per heavy atom. The zero-order valence-electron chi connectivity index (χ0n) is 14.6. The molecule has 2 heterocycles. The number of likely N-dealkylation sites (tertiary alicyclic amines) is 1. The summed E-state index contributed by atoms with van der Waals surface area (Å²) in [6.07, 6.45) is 4.32. The minimum absolute atomic E-state index is 0.225. The molecule has 0 bridgehead atoms. The highest BCUT2D eigenvalue weighted by atomic mass is 32.1. The lowest BCUT2D eigenvalue weighted by atomic mass is 10.00. The molecule has 4 rings (SSSR count). The van der Waals surface area contributed by atoms with Gasteiger partial charge in [-0.15, -0.1) is 11.3 Å². The smallest absolute Gasteiger partial charge is 0.264 e. The second-order valence-electron chi connectivity index (χ2n) is 6.92.